The molecule has 0 aliphatic carbocycles. The maximum atomic E-state index is 10.8. The molecule has 0 aliphatic heterocycles. The number of hydrogen-bond acceptors (Lipinski definition) is 3. The van der Waals surface area contributed by atoms with Crippen LogP contribution in [0, 0.1) is 0 Å². The van der Waals surface area contributed by atoms with Crippen LogP contribution >= 0.6 is 0 Å². The second-order valence-corrected chi connectivity index (χ2v) is 2.59. The Morgan fingerprint density at radius 3 is 2.42 bits per heavy atom. The Hall–Kier alpha value is -1.06. The Labute approximate surface area is 72.3 Å². The molecular weight excluding hydrogens is 158 g/mol. The van der Waals surface area contributed by atoms with Crippen LogP contribution in [0.3, 0.4) is 0 Å². The van der Waals surface area contributed by atoms with Crippen molar-refractivity contribution in [1.82, 2.24) is 5.32 Å². The van der Waals surface area contributed by atoms with Gasteiger partial charge in [-0.3, -0.25) is 9.59 Å². The first-order chi connectivity index (χ1) is 5.60. The molecule has 0 spiro atoms. The average molecular weight is 173 g/mol. The zero-order chi connectivity index (χ0) is 9.56. The number of esters is 1. The van der Waals surface area contributed by atoms with Gasteiger partial charge in [-0.25, -0.2) is 0 Å². The number of nitrogens with one attached hydrogen (secondary N) is 1. The largest absolute Gasteiger partial charge is 0.469 e. The lowest BCUT2D eigenvalue weighted by molar-refractivity contribution is -0.141. The fourth-order valence-corrected chi connectivity index (χ4v) is 0.869. The van der Waals surface area contributed by atoms with Crippen LogP contribution in [0.5, 0.6) is 0 Å². The molecule has 1 unspecified atom stereocenters. The zero-order valence-electron chi connectivity index (χ0n) is 7.72. The smallest absolute Gasteiger partial charge is 0.307 e. The quantitative estimate of drug-likeness (QED) is 0.628. The molecule has 0 aromatic heterocycles. The van der Waals surface area contributed by atoms with Gasteiger partial charge in [0.25, 0.3) is 0 Å². The lowest BCUT2D eigenvalue weighted by atomic mass is 10.1. The summed E-state index contributed by atoms with van der Waals surface area (Å²) in [5.41, 5.74) is 0. The van der Waals surface area contributed by atoms with E-state index in [-0.39, 0.29) is 24.3 Å². The molecule has 12 heavy (non-hydrogen) atoms. The Morgan fingerprint density at radius 2 is 2.08 bits per heavy atom. The lowest BCUT2D eigenvalue weighted by Gasteiger charge is -2.13. The second-order valence-electron chi connectivity index (χ2n) is 2.59. The number of ether oxygens (including phenoxy) is 1. The molecule has 0 bridgehead atoms. The number of methoxy groups -OCH3 is 1. The van der Waals surface area contributed by atoms with Crippen LogP contribution in [0.4, 0.5) is 0 Å². The SMILES string of the molecule is CCC(CC(=O)OC)NC(C)=O. The minimum absolute atomic E-state index is 0.102. The summed E-state index contributed by atoms with van der Waals surface area (Å²) in [6.45, 7) is 3.34. The van der Waals surface area contributed by atoms with Crippen molar-refractivity contribution in [3.8, 4) is 0 Å². The summed E-state index contributed by atoms with van der Waals surface area (Å²) >= 11 is 0. The van der Waals surface area contributed by atoms with E-state index in [9.17, 15) is 9.59 Å². The maximum Gasteiger partial charge on any atom is 0.307 e. The minimum atomic E-state index is -0.296. The van der Waals surface area contributed by atoms with Crippen molar-refractivity contribution in [3.63, 3.8) is 0 Å². The molecule has 0 saturated carbocycles. The third-order valence-electron chi connectivity index (χ3n) is 1.54. The number of carbonyl (C=O) groups is 2. The standard InChI is InChI=1S/C8H15NO3/c1-4-7(9-6(2)10)5-8(11)12-3/h7H,4-5H2,1-3H3,(H,9,10). The van der Waals surface area contributed by atoms with Crippen molar-refractivity contribution in [2.75, 3.05) is 7.11 Å². The summed E-state index contributed by atoms with van der Waals surface area (Å²) in [6, 6.07) is -0.102. The molecule has 0 radical (unpaired) electrons. The van der Waals surface area contributed by atoms with Crippen molar-refractivity contribution in [2.24, 2.45) is 0 Å². The minimum Gasteiger partial charge on any atom is -0.469 e. The topological polar surface area (TPSA) is 55.4 Å². The van der Waals surface area contributed by atoms with E-state index in [0.29, 0.717) is 0 Å². The van der Waals surface area contributed by atoms with Crippen LogP contribution in [0.15, 0.2) is 0 Å². The van der Waals surface area contributed by atoms with Gasteiger partial charge in [0.05, 0.1) is 13.5 Å². The molecule has 1 atom stereocenters. The highest BCUT2D eigenvalue weighted by atomic mass is 16.5. The van der Waals surface area contributed by atoms with E-state index < -0.39 is 0 Å². The van der Waals surface area contributed by atoms with Crippen LogP contribution in [-0.2, 0) is 14.3 Å². The zero-order valence-corrected chi connectivity index (χ0v) is 7.72. The number of carbonyl (C=O) groups excluding carboxylic acids is 2. The Kier molecular flexibility index (Phi) is 5.08. The van der Waals surface area contributed by atoms with Gasteiger partial charge < -0.3 is 10.1 Å². The van der Waals surface area contributed by atoms with Gasteiger partial charge >= 0.3 is 5.97 Å². The lowest BCUT2D eigenvalue weighted by Crippen LogP contribution is -2.34. The Bertz CT molecular complexity index is 168. The first kappa shape index (κ1) is 10.9. The van der Waals surface area contributed by atoms with Crippen molar-refractivity contribution >= 4 is 11.9 Å². The number of amides is 1. The van der Waals surface area contributed by atoms with Crippen LogP contribution < -0.4 is 5.32 Å². The van der Waals surface area contributed by atoms with Gasteiger partial charge in [-0.15, -0.1) is 0 Å². The second kappa shape index (κ2) is 5.57. The average Bonchev–Trinajstić information content (AvgIpc) is 2.02. The molecule has 0 aromatic rings. The highest BCUT2D eigenvalue weighted by Gasteiger charge is 2.12. The van der Waals surface area contributed by atoms with E-state index in [1.165, 1.54) is 14.0 Å². The van der Waals surface area contributed by atoms with E-state index in [2.05, 4.69) is 10.1 Å². The first-order valence-corrected chi connectivity index (χ1v) is 3.94. The van der Waals surface area contributed by atoms with Gasteiger partial charge in [0, 0.05) is 13.0 Å². The predicted octanol–water partition coefficient (Wildman–Crippen LogP) is 0.464. The normalized spacial score (nSPS) is 11.9. The summed E-state index contributed by atoms with van der Waals surface area (Å²) < 4.78 is 4.47. The maximum absolute atomic E-state index is 10.8. The van der Waals surface area contributed by atoms with Gasteiger partial charge in [-0.05, 0) is 6.42 Å². The number of hydrogen-bond donors (Lipinski definition) is 1. The molecule has 4 heteroatoms. The summed E-state index contributed by atoms with van der Waals surface area (Å²) in [5.74, 6) is -0.415. The molecule has 0 saturated heterocycles. The van der Waals surface area contributed by atoms with Gasteiger partial charge in [-0.1, -0.05) is 6.92 Å². The molecular formula is C8H15NO3. The first-order valence-electron chi connectivity index (χ1n) is 3.94. The third-order valence-corrected chi connectivity index (χ3v) is 1.54. The molecule has 0 rings (SSSR count). The fraction of sp³-hybridized carbons (Fsp3) is 0.750. The monoisotopic (exact) mass is 173 g/mol. The van der Waals surface area contributed by atoms with E-state index in [1.807, 2.05) is 6.92 Å². The van der Waals surface area contributed by atoms with E-state index in [1.54, 1.807) is 0 Å². The molecule has 1 N–H and O–H groups in total. The molecule has 4 nitrogen and oxygen atoms in total. The van der Waals surface area contributed by atoms with Crippen LogP contribution in [-0.4, -0.2) is 25.0 Å². The fourth-order valence-electron chi connectivity index (χ4n) is 0.869. The molecule has 0 aliphatic rings. The molecule has 1 amide bonds. The third kappa shape index (κ3) is 4.71. The van der Waals surface area contributed by atoms with Crippen molar-refractivity contribution < 1.29 is 14.3 Å². The van der Waals surface area contributed by atoms with Crippen molar-refractivity contribution in [2.45, 2.75) is 32.7 Å². The van der Waals surface area contributed by atoms with Crippen LogP contribution in [0.2, 0.25) is 0 Å². The summed E-state index contributed by atoms with van der Waals surface area (Å²) in [7, 11) is 1.34. The van der Waals surface area contributed by atoms with Gasteiger partial charge in [-0.2, -0.15) is 0 Å². The summed E-state index contributed by atoms with van der Waals surface area (Å²) in [4.78, 5) is 21.4. The van der Waals surface area contributed by atoms with E-state index >= 15 is 0 Å². The van der Waals surface area contributed by atoms with E-state index in [0.717, 1.165) is 6.42 Å². The van der Waals surface area contributed by atoms with Crippen molar-refractivity contribution in [3.05, 3.63) is 0 Å². The Balaban J connectivity index is 3.82. The van der Waals surface area contributed by atoms with E-state index in [4.69, 9.17) is 0 Å². The molecule has 70 valence electrons. The molecule has 0 fully saturated rings. The highest BCUT2D eigenvalue weighted by Crippen LogP contribution is 1.98. The summed E-state index contributed by atoms with van der Waals surface area (Å²) in [5, 5.41) is 2.66. The Morgan fingerprint density at radius 1 is 1.50 bits per heavy atom. The van der Waals surface area contributed by atoms with Gasteiger partial charge in [0.1, 0.15) is 0 Å². The van der Waals surface area contributed by atoms with Gasteiger partial charge in [0.2, 0.25) is 5.91 Å². The van der Waals surface area contributed by atoms with Crippen LogP contribution in [0.1, 0.15) is 26.7 Å². The predicted molar refractivity (Wildman–Crippen MR) is 44.5 cm³/mol. The number of rotatable bonds is 4. The van der Waals surface area contributed by atoms with Crippen molar-refractivity contribution in [1.29, 1.82) is 0 Å². The summed E-state index contributed by atoms with van der Waals surface area (Å²) in [6.07, 6.45) is 0.973. The molecule has 0 heterocycles. The van der Waals surface area contributed by atoms with Crippen LogP contribution in [0.25, 0.3) is 0 Å². The van der Waals surface area contributed by atoms with Gasteiger partial charge in [0.15, 0.2) is 0 Å². The highest BCUT2D eigenvalue weighted by molar-refractivity contribution is 5.75. The molecule has 0 aromatic carbocycles.